The molecule has 4 nitrogen and oxygen atoms in total. The SMILES string of the molecule is O=C(O)CC1(NC(=O)Cc2cccc(C(F)(F)F)c2)CCCC1. The lowest BCUT2D eigenvalue weighted by Gasteiger charge is -2.28. The molecule has 0 spiro atoms. The lowest BCUT2D eigenvalue weighted by atomic mass is 9.92. The maximum atomic E-state index is 12.7. The van der Waals surface area contributed by atoms with Crippen LogP contribution >= 0.6 is 0 Å². The van der Waals surface area contributed by atoms with Crippen LogP contribution in [0, 0.1) is 0 Å². The molecule has 1 aliphatic carbocycles. The van der Waals surface area contributed by atoms with Crippen molar-refractivity contribution >= 4 is 11.9 Å². The molecule has 2 rings (SSSR count). The third-order valence-electron chi connectivity index (χ3n) is 4.07. The van der Waals surface area contributed by atoms with Gasteiger partial charge in [-0.15, -0.1) is 0 Å². The van der Waals surface area contributed by atoms with E-state index in [0.717, 1.165) is 25.0 Å². The van der Waals surface area contributed by atoms with Gasteiger partial charge in [0.15, 0.2) is 0 Å². The monoisotopic (exact) mass is 329 g/mol. The van der Waals surface area contributed by atoms with Gasteiger partial charge in [0.05, 0.1) is 23.9 Å². The average molecular weight is 329 g/mol. The number of amides is 1. The summed E-state index contributed by atoms with van der Waals surface area (Å²) in [6.07, 6.45) is -2.01. The minimum Gasteiger partial charge on any atom is -0.481 e. The number of halogens is 3. The van der Waals surface area contributed by atoms with Crippen molar-refractivity contribution in [2.24, 2.45) is 0 Å². The van der Waals surface area contributed by atoms with E-state index in [0.29, 0.717) is 12.8 Å². The van der Waals surface area contributed by atoms with Crippen molar-refractivity contribution in [2.45, 2.75) is 50.2 Å². The fourth-order valence-electron chi connectivity index (χ4n) is 3.07. The molecule has 1 aromatic carbocycles. The molecule has 23 heavy (non-hydrogen) atoms. The van der Waals surface area contributed by atoms with Crippen LogP contribution in [0.15, 0.2) is 24.3 Å². The molecule has 7 heteroatoms. The van der Waals surface area contributed by atoms with E-state index in [1.54, 1.807) is 0 Å². The van der Waals surface area contributed by atoms with E-state index in [1.165, 1.54) is 12.1 Å². The predicted octanol–water partition coefficient (Wildman–Crippen LogP) is 3.15. The number of alkyl halides is 3. The summed E-state index contributed by atoms with van der Waals surface area (Å²) in [6, 6.07) is 4.60. The van der Waals surface area contributed by atoms with Gasteiger partial charge in [-0.3, -0.25) is 9.59 Å². The largest absolute Gasteiger partial charge is 0.481 e. The number of benzene rings is 1. The number of aliphatic carboxylic acids is 1. The second-order valence-corrected chi connectivity index (χ2v) is 5.98. The van der Waals surface area contributed by atoms with Crippen LogP contribution in [-0.4, -0.2) is 22.5 Å². The Labute approximate surface area is 131 Å². The second kappa shape index (κ2) is 6.60. The first kappa shape index (κ1) is 17.3. The normalized spacial score (nSPS) is 17.0. The van der Waals surface area contributed by atoms with Crippen LogP contribution in [0.1, 0.15) is 43.2 Å². The molecule has 0 atom stereocenters. The molecule has 0 aromatic heterocycles. The molecule has 126 valence electrons. The van der Waals surface area contributed by atoms with E-state index in [9.17, 15) is 22.8 Å². The second-order valence-electron chi connectivity index (χ2n) is 5.98. The summed E-state index contributed by atoms with van der Waals surface area (Å²) in [7, 11) is 0. The number of rotatable bonds is 5. The first-order valence-electron chi connectivity index (χ1n) is 7.39. The zero-order valence-corrected chi connectivity index (χ0v) is 12.4. The number of carboxylic acid groups (broad SMARTS) is 1. The predicted molar refractivity (Wildman–Crippen MR) is 76.7 cm³/mol. The number of nitrogens with one attached hydrogen (secondary N) is 1. The summed E-state index contributed by atoms with van der Waals surface area (Å²) < 4.78 is 38.0. The van der Waals surface area contributed by atoms with Gasteiger partial charge in [0, 0.05) is 0 Å². The highest BCUT2D eigenvalue weighted by Gasteiger charge is 2.37. The van der Waals surface area contributed by atoms with Crippen molar-refractivity contribution in [3.63, 3.8) is 0 Å². The van der Waals surface area contributed by atoms with E-state index in [1.807, 2.05) is 0 Å². The van der Waals surface area contributed by atoms with Gasteiger partial charge >= 0.3 is 12.1 Å². The Kier molecular flexibility index (Phi) is 4.97. The van der Waals surface area contributed by atoms with E-state index >= 15 is 0 Å². The molecule has 0 unspecified atom stereocenters. The van der Waals surface area contributed by atoms with Crippen LogP contribution < -0.4 is 5.32 Å². The highest BCUT2D eigenvalue weighted by atomic mass is 19.4. The van der Waals surface area contributed by atoms with Crippen LogP contribution in [0.4, 0.5) is 13.2 Å². The molecule has 0 saturated heterocycles. The number of carboxylic acids is 1. The van der Waals surface area contributed by atoms with Gasteiger partial charge in [-0.25, -0.2) is 0 Å². The number of carbonyl (C=O) groups is 2. The average Bonchev–Trinajstić information content (AvgIpc) is 2.84. The first-order chi connectivity index (χ1) is 10.7. The molecule has 2 N–H and O–H groups in total. The summed E-state index contributed by atoms with van der Waals surface area (Å²) in [5, 5.41) is 11.7. The van der Waals surface area contributed by atoms with E-state index in [2.05, 4.69) is 5.32 Å². The van der Waals surface area contributed by atoms with Gasteiger partial charge in [0.25, 0.3) is 0 Å². The van der Waals surface area contributed by atoms with Gasteiger partial charge in [-0.1, -0.05) is 31.0 Å². The smallest absolute Gasteiger partial charge is 0.416 e. The topological polar surface area (TPSA) is 66.4 Å². The van der Waals surface area contributed by atoms with E-state index < -0.39 is 29.2 Å². The minimum absolute atomic E-state index is 0.165. The summed E-state index contributed by atoms with van der Waals surface area (Å²) >= 11 is 0. The Hall–Kier alpha value is -2.05. The zero-order chi connectivity index (χ0) is 17.1. The number of hydrogen-bond acceptors (Lipinski definition) is 2. The van der Waals surface area contributed by atoms with Crippen LogP contribution in [0.5, 0.6) is 0 Å². The Morgan fingerprint density at radius 3 is 2.43 bits per heavy atom. The van der Waals surface area contributed by atoms with Crippen molar-refractivity contribution in [1.29, 1.82) is 0 Å². The van der Waals surface area contributed by atoms with E-state index in [-0.39, 0.29) is 18.4 Å². The summed E-state index contributed by atoms with van der Waals surface area (Å²) in [5.74, 6) is -1.45. The molecule has 0 radical (unpaired) electrons. The summed E-state index contributed by atoms with van der Waals surface area (Å²) in [4.78, 5) is 23.1. The minimum atomic E-state index is -4.46. The molecular weight excluding hydrogens is 311 g/mol. The summed E-state index contributed by atoms with van der Waals surface area (Å²) in [5.41, 5.74) is -1.32. The molecule has 0 bridgehead atoms. The van der Waals surface area contributed by atoms with Gasteiger partial charge < -0.3 is 10.4 Å². The van der Waals surface area contributed by atoms with Crippen LogP contribution in [0.3, 0.4) is 0 Å². The van der Waals surface area contributed by atoms with Crippen molar-refractivity contribution in [1.82, 2.24) is 5.32 Å². The fraction of sp³-hybridized carbons (Fsp3) is 0.500. The van der Waals surface area contributed by atoms with Crippen LogP contribution in [0.2, 0.25) is 0 Å². The van der Waals surface area contributed by atoms with Crippen molar-refractivity contribution in [3.05, 3.63) is 35.4 Å². The molecule has 1 aromatic rings. The molecule has 0 aliphatic heterocycles. The molecule has 0 heterocycles. The highest BCUT2D eigenvalue weighted by molar-refractivity contribution is 5.80. The van der Waals surface area contributed by atoms with Gasteiger partial charge in [0.1, 0.15) is 0 Å². The number of carbonyl (C=O) groups excluding carboxylic acids is 1. The number of hydrogen-bond donors (Lipinski definition) is 2. The zero-order valence-electron chi connectivity index (χ0n) is 12.4. The fourth-order valence-corrected chi connectivity index (χ4v) is 3.07. The molecule has 1 aliphatic rings. The van der Waals surface area contributed by atoms with Crippen molar-refractivity contribution < 1.29 is 27.9 Å². The third kappa shape index (κ3) is 4.71. The molecule has 1 fully saturated rings. The molecule has 1 saturated carbocycles. The lowest BCUT2D eigenvalue weighted by Crippen LogP contribution is -2.48. The highest BCUT2D eigenvalue weighted by Crippen LogP contribution is 2.33. The summed E-state index contributed by atoms with van der Waals surface area (Å²) in [6.45, 7) is 0. The maximum Gasteiger partial charge on any atom is 0.416 e. The molecule has 1 amide bonds. The maximum absolute atomic E-state index is 12.7. The van der Waals surface area contributed by atoms with Gasteiger partial charge in [0.2, 0.25) is 5.91 Å². The lowest BCUT2D eigenvalue weighted by molar-refractivity contribution is -0.139. The quantitative estimate of drug-likeness (QED) is 0.872. The van der Waals surface area contributed by atoms with Crippen LogP contribution in [0.25, 0.3) is 0 Å². The Bertz CT molecular complexity index is 592. The van der Waals surface area contributed by atoms with E-state index in [4.69, 9.17) is 5.11 Å². The van der Waals surface area contributed by atoms with Crippen molar-refractivity contribution in [2.75, 3.05) is 0 Å². The Morgan fingerprint density at radius 1 is 1.22 bits per heavy atom. The van der Waals surface area contributed by atoms with Crippen LogP contribution in [-0.2, 0) is 22.2 Å². The van der Waals surface area contributed by atoms with Crippen molar-refractivity contribution in [3.8, 4) is 0 Å². The Morgan fingerprint density at radius 2 is 1.87 bits per heavy atom. The first-order valence-corrected chi connectivity index (χ1v) is 7.39. The van der Waals surface area contributed by atoms with Gasteiger partial charge in [-0.2, -0.15) is 13.2 Å². The standard InChI is InChI=1S/C16H18F3NO3/c17-16(18,19)12-5-3-4-11(8-12)9-13(21)20-15(10-14(22)23)6-1-2-7-15/h3-5,8H,1-2,6-7,9-10H2,(H,20,21)(H,22,23). The van der Waals surface area contributed by atoms with Gasteiger partial charge in [-0.05, 0) is 24.5 Å². The third-order valence-corrected chi connectivity index (χ3v) is 4.07. The Balaban J connectivity index is 2.05. The molecular formula is C16H18F3NO3.